The van der Waals surface area contributed by atoms with E-state index in [2.05, 4.69) is 5.32 Å². The van der Waals surface area contributed by atoms with Crippen LogP contribution in [0.15, 0.2) is 17.1 Å². The van der Waals surface area contributed by atoms with Gasteiger partial charge < -0.3 is 24.6 Å². The number of carboxylic acid groups (broad SMARTS) is 1. The number of nitrogens with one attached hydrogen (secondary N) is 1. The zero-order valence-electron chi connectivity index (χ0n) is 16.4. The van der Waals surface area contributed by atoms with Crippen molar-refractivity contribution < 1.29 is 19.0 Å². The van der Waals surface area contributed by atoms with Gasteiger partial charge in [-0.15, -0.1) is 0 Å². The Balaban J connectivity index is 1.58. The molecule has 1 aromatic heterocycles. The summed E-state index contributed by atoms with van der Waals surface area (Å²) >= 11 is 6.71. The number of fused-ring (bicyclic) bond motifs is 1. The number of anilines is 1. The molecule has 2 unspecified atom stereocenters. The molecule has 1 aliphatic carbocycles. The number of halogens is 2. The Kier molecular flexibility index (Phi) is 4.95. The van der Waals surface area contributed by atoms with Gasteiger partial charge in [-0.1, -0.05) is 11.6 Å². The Morgan fingerprint density at radius 2 is 2.13 bits per heavy atom. The van der Waals surface area contributed by atoms with Crippen LogP contribution in [0.2, 0.25) is 5.02 Å². The summed E-state index contributed by atoms with van der Waals surface area (Å²) in [7, 11) is 0. The van der Waals surface area contributed by atoms with Gasteiger partial charge in [0.25, 0.3) is 0 Å². The van der Waals surface area contributed by atoms with Gasteiger partial charge in [-0.2, -0.15) is 0 Å². The van der Waals surface area contributed by atoms with Crippen LogP contribution >= 0.6 is 11.6 Å². The molecule has 0 spiro atoms. The fraction of sp³-hybridized carbons (Fsp3) is 0.524. The first-order valence-corrected chi connectivity index (χ1v) is 10.7. The molecule has 3 fully saturated rings. The fourth-order valence-corrected chi connectivity index (χ4v) is 5.11. The van der Waals surface area contributed by atoms with Crippen LogP contribution in [0.4, 0.5) is 10.1 Å². The molecule has 0 bridgehead atoms. The van der Waals surface area contributed by atoms with Crippen molar-refractivity contribution in [2.45, 2.75) is 31.4 Å². The Bertz CT molecular complexity index is 1080. The summed E-state index contributed by atoms with van der Waals surface area (Å²) in [4.78, 5) is 26.2. The molecule has 2 aromatic rings. The van der Waals surface area contributed by atoms with E-state index < -0.39 is 17.2 Å². The Hall–Kier alpha value is -2.16. The number of aromatic carboxylic acids is 1. The van der Waals surface area contributed by atoms with Crippen LogP contribution in [0.1, 0.15) is 35.7 Å². The zero-order valence-corrected chi connectivity index (χ0v) is 17.1. The summed E-state index contributed by atoms with van der Waals surface area (Å²) in [5.74, 6) is -1.65. The van der Waals surface area contributed by atoms with Gasteiger partial charge in [-0.25, -0.2) is 9.18 Å². The predicted octanol–water partition coefficient (Wildman–Crippen LogP) is 2.64. The average Bonchev–Trinajstić information content (AvgIpc) is 3.46. The van der Waals surface area contributed by atoms with Gasteiger partial charge in [0.15, 0.2) is 0 Å². The highest BCUT2D eigenvalue weighted by Crippen LogP contribution is 2.43. The first kappa shape index (κ1) is 19.8. The van der Waals surface area contributed by atoms with E-state index in [0.29, 0.717) is 25.2 Å². The number of rotatable bonds is 4. The van der Waals surface area contributed by atoms with Crippen molar-refractivity contribution in [2.24, 2.45) is 5.92 Å². The molecule has 0 radical (unpaired) electrons. The van der Waals surface area contributed by atoms with Gasteiger partial charge in [-0.05, 0) is 25.3 Å². The number of hydrogen-bond donors (Lipinski definition) is 2. The summed E-state index contributed by atoms with van der Waals surface area (Å²) in [6.07, 6.45) is 4.06. The lowest BCUT2D eigenvalue weighted by Gasteiger charge is -2.29. The topological polar surface area (TPSA) is 83.8 Å². The lowest BCUT2D eigenvalue weighted by molar-refractivity contribution is -0.00335. The largest absolute Gasteiger partial charge is 0.477 e. The van der Waals surface area contributed by atoms with Gasteiger partial charge >= 0.3 is 5.97 Å². The van der Waals surface area contributed by atoms with Gasteiger partial charge in [0.1, 0.15) is 11.4 Å². The van der Waals surface area contributed by atoms with Gasteiger partial charge in [0.05, 0.1) is 34.3 Å². The smallest absolute Gasteiger partial charge is 0.341 e. The van der Waals surface area contributed by atoms with Gasteiger partial charge in [0, 0.05) is 44.3 Å². The minimum absolute atomic E-state index is 0.0172. The molecule has 2 N–H and O–H groups in total. The minimum atomic E-state index is -1.32. The molecule has 2 saturated heterocycles. The molecule has 30 heavy (non-hydrogen) atoms. The number of carboxylic acids is 1. The predicted molar refractivity (Wildman–Crippen MR) is 111 cm³/mol. The van der Waals surface area contributed by atoms with E-state index in [1.165, 1.54) is 6.20 Å². The lowest BCUT2D eigenvalue weighted by atomic mass is 10.0. The van der Waals surface area contributed by atoms with Crippen molar-refractivity contribution in [1.29, 1.82) is 0 Å². The van der Waals surface area contributed by atoms with E-state index in [1.807, 2.05) is 4.90 Å². The summed E-state index contributed by atoms with van der Waals surface area (Å²) in [5, 5.41) is 12.9. The summed E-state index contributed by atoms with van der Waals surface area (Å²) < 4.78 is 22.8. The standard InChI is InChI=1S/C21H23ClFN3O4/c22-17-18-13(20(27)14(21(28)29)10-26(18)12-1-2-12)7-15(23)19(17)25-5-3-11(9-25)16-8-24-4-6-30-16/h7,10-12,16,24H,1-6,8-9H2,(H,28,29). The third-order valence-electron chi connectivity index (χ3n) is 6.38. The van der Waals surface area contributed by atoms with Crippen molar-refractivity contribution in [3.63, 3.8) is 0 Å². The highest BCUT2D eigenvalue weighted by molar-refractivity contribution is 6.38. The van der Waals surface area contributed by atoms with E-state index in [9.17, 15) is 14.7 Å². The molecular formula is C21H23ClFN3O4. The van der Waals surface area contributed by atoms with Crippen LogP contribution in [-0.4, -0.2) is 54.5 Å². The Morgan fingerprint density at radius 1 is 1.33 bits per heavy atom. The van der Waals surface area contributed by atoms with Gasteiger partial charge in [-0.3, -0.25) is 4.79 Å². The highest BCUT2D eigenvalue weighted by Gasteiger charge is 2.35. The molecular weight excluding hydrogens is 413 g/mol. The van der Waals surface area contributed by atoms with Crippen LogP contribution in [0, 0.1) is 11.7 Å². The Labute approximate surface area is 177 Å². The molecule has 160 valence electrons. The van der Waals surface area contributed by atoms with Crippen LogP contribution in [0.3, 0.4) is 0 Å². The van der Waals surface area contributed by atoms with Crippen LogP contribution < -0.4 is 15.6 Å². The van der Waals surface area contributed by atoms with E-state index in [0.717, 1.165) is 38.4 Å². The molecule has 0 amide bonds. The third kappa shape index (κ3) is 3.27. The first-order valence-electron chi connectivity index (χ1n) is 10.3. The number of morpholine rings is 1. The van der Waals surface area contributed by atoms with Gasteiger partial charge in [0.2, 0.25) is 5.43 Å². The van der Waals surface area contributed by atoms with E-state index in [-0.39, 0.29) is 39.7 Å². The average molecular weight is 436 g/mol. The Morgan fingerprint density at radius 3 is 2.80 bits per heavy atom. The maximum atomic E-state index is 15.2. The molecule has 9 heteroatoms. The molecule has 3 heterocycles. The number of nitrogens with zero attached hydrogens (tertiary/aromatic N) is 2. The van der Waals surface area contributed by atoms with Crippen molar-refractivity contribution in [3.05, 3.63) is 38.9 Å². The number of carbonyl (C=O) groups is 1. The SMILES string of the molecule is O=C(O)c1cn(C2CC2)c2c(Cl)c(N3CCC(C4CNCCO4)C3)c(F)cc2c1=O. The number of aromatic nitrogens is 1. The van der Waals surface area contributed by atoms with Crippen molar-refractivity contribution >= 4 is 34.2 Å². The second-order valence-electron chi connectivity index (χ2n) is 8.34. The first-order chi connectivity index (χ1) is 14.5. The summed E-state index contributed by atoms with van der Waals surface area (Å²) in [5.41, 5.74) is -0.361. The van der Waals surface area contributed by atoms with E-state index >= 15 is 4.39 Å². The fourth-order valence-electron chi connectivity index (χ4n) is 4.70. The van der Waals surface area contributed by atoms with Crippen LogP contribution in [-0.2, 0) is 4.74 Å². The number of benzene rings is 1. The second-order valence-corrected chi connectivity index (χ2v) is 8.72. The second kappa shape index (κ2) is 7.51. The zero-order chi connectivity index (χ0) is 21.0. The number of pyridine rings is 1. The summed E-state index contributed by atoms with van der Waals surface area (Å²) in [6.45, 7) is 3.56. The molecule has 2 atom stereocenters. The maximum Gasteiger partial charge on any atom is 0.341 e. The molecule has 3 aliphatic rings. The molecule has 5 rings (SSSR count). The van der Waals surface area contributed by atoms with Crippen LogP contribution in [0.25, 0.3) is 10.9 Å². The maximum absolute atomic E-state index is 15.2. The summed E-state index contributed by atoms with van der Waals surface area (Å²) in [6, 6.07) is 1.23. The molecule has 7 nitrogen and oxygen atoms in total. The molecule has 1 saturated carbocycles. The van der Waals surface area contributed by atoms with Crippen molar-refractivity contribution in [1.82, 2.24) is 9.88 Å². The van der Waals surface area contributed by atoms with E-state index in [1.54, 1.807) is 4.57 Å². The third-order valence-corrected chi connectivity index (χ3v) is 6.74. The lowest BCUT2D eigenvalue weighted by Crippen LogP contribution is -2.43. The van der Waals surface area contributed by atoms with E-state index in [4.69, 9.17) is 16.3 Å². The quantitative estimate of drug-likeness (QED) is 0.768. The molecule has 2 aliphatic heterocycles. The minimum Gasteiger partial charge on any atom is -0.477 e. The molecule has 1 aromatic carbocycles. The highest BCUT2D eigenvalue weighted by atomic mass is 35.5. The normalized spacial score (nSPS) is 24.5. The monoisotopic (exact) mass is 435 g/mol. The van der Waals surface area contributed by atoms with Crippen molar-refractivity contribution in [2.75, 3.05) is 37.7 Å². The number of ether oxygens (including phenoxy) is 1. The van der Waals surface area contributed by atoms with Crippen LogP contribution in [0.5, 0.6) is 0 Å². The van der Waals surface area contributed by atoms with Crippen molar-refractivity contribution in [3.8, 4) is 0 Å². The number of hydrogen-bond acceptors (Lipinski definition) is 5.